The molecule has 0 fully saturated rings. The molecule has 5 heteroatoms. The first-order valence-corrected chi connectivity index (χ1v) is 4.79. The van der Waals surface area contributed by atoms with Gasteiger partial charge in [0, 0.05) is 0 Å². The molecule has 0 spiro atoms. The minimum absolute atomic E-state index is 0.410. The van der Waals surface area contributed by atoms with Crippen LogP contribution in [-0.4, -0.2) is 24.5 Å². The van der Waals surface area contributed by atoms with Gasteiger partial charge in [-0.2, -0.15) is 0 Å². The van der Waals surface area contributed by atoms with Crippen molar-refractivity contribution in [3.8, 4) is 11.5 Å². The largest absolute Gasteiger partial charge is 0.707 e. The summed E-state index contributed by atoms with van der Waals surface area (Å²) in [6, 6.07) is 10.8. The van der Waals surface area contributed by atoms with Crippen LogP contribution in [0.25, 0.3) is 10.8 Å². The number of hydrogen-bond donors (Lipinski definition) is 2. The Morgan fingerprint density at radius 2 is 1.50 bits per heavy atom. The Morgan fingerprint density at radius 3 is 2.06 bits per heavy atom. The molecule has 2 aromatic rings. The Balaban J connectivity index is 2.39. The van der Waals surface area contributed by atoms with Crippen LogP contribution < -0.4 is 9.39 Å². The number of hydrogen-bond acceptors (Lipinski definition) is 4. The van der Waals surface area contributed by atoms with Crippen LogP contribution in [-0.2, 0) is 0 Å². The lowest BCUT2D eigenvalue weighted by Gasteiger charge is -2.07. The smallest absolute Gasteiger partial charge is 0.512 e. The van der Waals surface area contributed by atoms with E-state index < -0.39 is 7.32 Å². The van der Waals surface area contributed by atoms with Gasteiger partial charge in [-0.3, -0.25) is 0 Å². The van der Waals surface area contributed by atoms with E-state index in [0.29, 0.717) is 5.75 Å². The zero-order valence-electron chi connectivity index (χ0n) is 8.75. The van der Waals surface area contributed by atoms with Gasteiger partial charge in [0.25, 0.3) is 0 Å². The molecule has 82 valence electrons. The maximum Gasteiger partial charge on any atom is 0.707 e. The summed E-state index contributed by atoms with van der Waals surface area (Å²) in [6.45, 7) is 0. The second-order valence-electron chi connectivity index (χ2n) is 3.32. The Kier molecular flexibility index (Phi) is 2.98. The van der Waals surface area contributed by atoms with Crippen LogP contribution in [0, 0.1) is 0 Å². The summed E-state index contributed by atoms with van der Waals surface area (Å²) in [7, 11) is -0.184. The van der Waals surface area contributed by atoms with Gasteiger partial charge < -0.3 is 19.4 Å². The first kappa shape index (κ1) is 10.8. The van der Waals surface area contributed by atoms with Crippen molar-refractivity contribution in [1.29, 1.82) is 0 Å². The number of benzene rings is 2. The third-order valence-corrected chi connectivity index (χ3v) is 2.26. The van der Waals surface area contributed by atoms with Crippen molar-refractivity contribution in [3.05, 3.63) is 36.4 Å². The molecule has 0 heterocycles. The molecular formula is C11H11BO4. The third-order valence-electron chi connectivity index (χ3n) is 2.26. The van der Waals surface area contributed by atoms with E-state index in [2.05, 4.69) is 0 Å². The molecule has 2 aromatic carbocycles. The van der Waals surface area contributed by atoms with Crippen LogP contribution in [0.2, 0.25) is 0 Å². The summed E-state index contributed by atoms with van der Waals surface area (Å²) in [5.41, 5.74) is 0. The van der Waals surface area contributed by atoms with Gasteiger partial charge in [-0.25, -0.2) is 0 Å². The summed E-state index contributed by atoms with van der Waals surface area (Å²) in [4.78, 5) is 0. The number of ether oxygens (including phenoxy) is 1. The van der Waals surface area contributed by atoms with Gasteiger partial charge in [-0.1, -0.05) is 12.1 Å². The Hall–Kier alpha value is -1.72. The van der Waals surface area contributed by atoms with Crippen LogP contribution in [0.15, 0.2) is 36.4 Å². The Labute approximate surface area is 93.2 Å². The topological polar surface area (TPSA) is 58.9 Å². The highest BCUT2D eigenvalue weighted by Gasteiger charge is 2.11. The second kappa shape index (κ2) is 4.43. The van der Waals surface area contributed by atoms with E-state index in [-0.39, 0.29) is 0 Å². The van der Waals surface area contributed by atoms with Crippen molar-refractivity contribution in [2.75, 3.05) is 7.11 Å². The fourth-order valence-electron chi connectivity index (χ4n) is 1.52. The van der Waals surface area contributed by atoms with Crippen molar-refractivity contribution < 1.29 is 19.4 Å². The standard InChI is InChI=1S/C11H11BO4/c1-15-10-4-2-9-7-11(16-12(13)14)5-3-8(9)6-10/h2-7,13-14H,1H3. The summed E-state index contributed by atoms with van der Waals surface area (Å²) >= 11 is 0. The monoisotopic (exact) mass is 218 g/mol. The lowest BCUT2D eigenvalue weighted by molar-refractivity contribution is 0.288. The molecule has 0 amide bonds. The van der Waals surface area contributed by atoms with Gasteiger partial charge in [0.15, 0.2) is 0 Å². The lowest BCUT2D eigenvalue weighted by Crippen LogP contribution is -2.20. The van der Waals surface area contributed by atoms with Crippen molar-refractivity contribution in [3.63, 3.8) is 0 Å². The van der Waals surface area contributed by atoms with Gasteiger partial charge in [0.1, 0.15) is 11.5 Å². The van der Waals surface area contributed by atoms with Crippen molar-refractivity contribution >= 4 is 18.1 Å². The average molecular weight is 218 g/mol. The van der Waals surface area contributed by atoms with E-state index in [1.807, 2.05) is 24.3 Å². The van der Waals surface area contributed by atoms with Gasteiger partial charge in [0.2, 0.25) is 0 Å². The molecule has 0 unspecified atom stereocenters. The predicted octanol–water partition coefficient (Wildman–Crippen LogP) is 1.20. The first-order valence-electron chi connectivity index (χ1n) is 4.79. The maximum absolute atomic E-state index is 8.67. The van der Waals surface area contributed by atoms with Crippen LogP contribution >= 0.6 is 0 Å². The summed E-state index contributed by atoms with van der Waals surface area (Å²) < 4.78 is 9.86. The predicted molar refractivity (Wildman–Crippen MR) is 61.3 cm³/mol. The van der Waals surface area contributed by atoms with Gasteiger partial charge in [0.05, 0.1) is 7.11 Å². The van der Waals surface area contributed by atoms with E-state index in [0.717, 1.165) is 16.5 Å². The Morgan fingerprint density at radius 1 is 0.938 bits per heavy atom. The highest BCUT2D eigenvalue weighted by atomic mass is 16.6. The molecule has 2 N–H and O–H groups in total. The van der Waals surface area contributed by atoms with Crippen molar-refractivity contribution in [2.24, 2.45) is 0 Å². The summed E-state index contributed by atoms with van der Waals surface area (Å²) in [6.07, 6.45) is 0. The van der Waals surface area contributed by atoms with E-state index >= 15 is 0 Å². The molecule has 16 heavy (non-hydrogen) atoms. The van der Waals surface area contributed by atoms with Crippen LogP contribution in [0.4, 0.5) is 0 Å². The molecule has 0 bridgehead atoms. The second-order valence-corrected chi connectivity index (χ2v) is 3.32. The normalized spacial score (nSPS) is 10.2. The molecular weight excluding hydrogens is 207 g/mol. The molecule has 0 aliphatic rings. The Bertz CT molecular complexity index is 498. The van der Waals surface area contributed by atoms with E-state index in [4.69, 9.17) is 19.4 Å². The molecule has 0 radical (unpaired) electrons. The zero-order valence-corrected chi connectivity index (χ0v) is 8.75. The quantitative estimate of drug-likeness (QED) is 0.759. The van der Waals surface area contributed by atoms with Gasteiger partial charge in [-0.05, 0) is 35.0 Å². The van der Waals surface area contributed by atoms with Crippen LogP contribution in [0.5, 0.6) is 11.5 Å². The van der Waals surface area contributed by atoms with Crippen molar-refractivity contribution in [2.45, 2.75) is 0 Å². The fourth-order valence-corrected chi connectivity index (χ4v) is 1.52. The summed E-state index contributed by atoms with van der Waals surface area (Å²) in [5.74, 6) is 1.19. The minimum atomic E-state index is -1.80. The molecule has 0 saturated carbocycles. The summed E-state index contributed by atoms with van der Waals surface area (Å²) in [5, 5.41) is 19.3. The zero-order chi connectivity index (χ0) is 11.5. The molecule has 0 aliphatic carbocycles. The molecule has 0 aliphatic heterocycles. The van der Waals surface area contributed by atoms with Crippen LogP contribution in [0.1, 0.15) is 0 Å². The van der Waals surface area contributed by atoms with E-state index in [9.17, 15) is 0 Å². The number of rotatable bonds is 3. The van der Waals surface area contributed by atoms with Crippen LogP contribution in [0.3, 0.4) is 0 Å². The maximum atomic E-state index is 8.67. The minimum Gasteiger partial charge on any atom is -0.512 e. The molecule has 0 aromatic heterocycles. The third kappa shape index (κ3) is 2.26. The number of fused-ring (bicyclic) bond motifs is 1. The highest BCUT2D eigenvalue weighted by Crippen LogP contribution is 2.24. The van der Waals surface area contributed by atoms with Crippen molar-refractivity contribution in [1.82, 2.24) is 0 Å². The fraction of sp³-hybridized carbons (Fsp3) is 0.0909. The molecule has 0 atom stereocenters. The van der Waals surface area contributed by atoms with Gasteiger partial charge >= 0.3 is 7.32 Å². The van der Waals surface area contributed by atoms with E-state index in [1.54, 1.807) is 19.2 Å². The molecule has 2 rings (SSSR count). The SMILES string of the molecule is COc1ccc2cc(OB(O)O)ccc2c1. The number of methoxy groups -OCH3 is 1. The first-order chi connectivity index (χ1) is 7.69. The molecule has 4 nitrogen and oxygen atoms in total. The van der Waals surface area contributed by atoms with E-state index in [1.165, 1.54) is 0 Å². The van der Waals surface area contributed by atoms with Gasteiger partial charge in [-0.15, -0.1) is 0 Å². The molecule has 0 saturated heterocycles. The lowest BCUT2D eigenvalue weighted by atomic mass is 10.1. The highest BCUT2D eigenvalue weighted by molar-refractivity contribution is 6.33. The average Bonchev–Trinajstić information content (AvgIpc) is 2.27.